The summed E-state index contributed by atoms with van der Waals surface area (Å²) in [6.45, 7) is 0. The molecule has 0 spiro atoms. The number of rotatable bonds is 8. The second kappa shape index (κ2) is 15.4. The molecule has 310 valence electrons. The van der Waals surface area contributed by atoms with Crippen LogP contribution in [0.5, 0.6) is 0 Å². The van der Waals surface area contributed by atoms with Crippen molar-refractivity contribution in [3.63, 3.8) is 0 Å². The zero-order valence-corrected chi connectivity index (χ0v) is 36.0. The summed E-state index contributed by atoms with van der Waals surface area (Å²) in [5.74, 6) is 0. The normalized spacial score (nSPS) is 11.6. The first kappa shape index (κ1) is 37.7. The highest BCUT2D eigenvalue weighted by atomic mass is 15.0. The second-order valence-electron chi connectivity index (χ2n) is 17.1. The predicted molar refractivity (Wildman–Crippen MR) is 280 cm³/mol. The second-order valence-corrected chi connectivity index (χ2v) is 17.1. The molecule has 0 bridgehead atoms. The fourth-order valence-electron chi connectivity index (χ4n) is 10.3. The zero-order valence-electron chi connectivity index (χ0n) is 36.0. The molecule has 0 unspecified atom stereocenters. The molecular weight excluding hydrogens is 801 g/mol. The quantitative estimate of drug-likeness (QED) is 0.160. The molecule has 0 saturated heterocycles. The van der Waals surface area contributed by atoms with Crippen LogP contribution in [0.25, 0.3) is 98.8 Å². The molecule has 0 aliphatic heterocycles. The van der Waals surface area contributed by atoms with Crippen molar-refractivity contribution < 1.29 is 0 Å². The molecule has 0 aliphatic carbocycles. The summed E-state index contributed by atoms with van der Waals surface area (Å²) >= 11 is 0. The van der Waals surface area contributed by atoms with Crippen LogP contribution in [0.2, 0.25) is 0 Å². The lowest BCUT2D eigenvalue weighted by Gasteiger charge is -2.15. The van der Waals surface area contributed by atoms with E-state index in [1.165, 1.54) is 87.4 Å². The Morgan fingerprint density at radius 3 is 1.05 bits per heavy atom. The summed E-state index contributed by atoms with van der Waals surface area (Å²) in [5, 5.41) is 17.4. The van der Waals surface area contributed by atoms with Crippen LogP contribution in [-0.2, 0) is 0 Å². The maximum absolute atomic E-state index is 3.76. The molecule has 2 N–H and O–H groups in total. The predicted octanol–water partition coefficient (Wildman–Crippen LogP) is 17.0. The van der Waals surface area contributed by atoms with Gasteiger partial charge >= 0.3 is 0 Å². The number of nitrogens with one attached hydrogen (secondary N) is 2. The van der Waals surface area contributed by atoms with Crippen LogP contribution in [-0.4, -0.2) is 9.13 Å². The van der Waals surface area contributed by atoms with Crippen molar-refractivity contribution in [2.45, 2.75) is 0 Å². The monoisotopic (exact) mass is 842 g/mol. The van der Waals surface area contributed by atoms with E-state index < -0.39 is 0 Å². The fraction of sp³-hybridized carbons (Fsp3) is 0. The molecule has 0 atom stereocenters. The van der Waals surface area contributed by atoms with Gasteiger partial charge < -0.3 is 19.8 Å². The number of anilines is 4. The van der Waals surface area contributed by atoms with Crippen LogP contribution < -0.4 is 10.6 Å². The number of para-hydroxylation sites is 4. The van der Waals surface area contributed by atoms with Crippen molar-refractivity contribution in [3.8, 4) is 33.6 Å². The Balaban J connectivity index is 0.870. The highest BCUT2D eigenvalue weighted by molar-refractivity contribution is 6.19. The maximum Gasteiger partial charge on any atom is 0.0548 e. The molecule has 13 rings (SSSR count). The van der Waals surface area contributed by atoms with Crippen molar-refractivity contribution in [3.05, 3.63) is 243 Å². The Labute approximate surface area is 382 Å². The number of aromatic nitrogens is 2. The number of fused-ring (bicyclic) bond motifs is 8. The molecule has 66 heavy (non-hydrogen) atoms. The van der Waals surface area contributed by atoms with E-state index in [4.69, 9.17) is 0 Å². The standard InChI is InChI=1S/C62H42N4/c1-3-19-47-41(15-1)17-13-25-49(47)51-21-5-9-27-57(51)63-43-31-35-45(36-32-43)65-59-29-11-7-23-53(59)55-40-62-56(39-61(55)65)54-24-8-12-30-60(54)66(62)46-37-33-44(34-38-46)64-58-28-10-6-22-52(58)50-26-14-18-42-16-2-4-20-48(42)50/h1-40,63-64H. The highest BCUT2D eigenvalue weighted by Gasteiger charge is 2.19. The third-order valence-electron chi connectivity index (χ3n) is 13.3. The first-order valence-corrected chi connectivity index (χ1v) is 22.6. The summed E-state index contributed by atoms with van der Waals surface area (Å²) in [6.07, 6.45) is 0. The van der Waals surface area contributed by atoms with Crippen molar-refractivity contribution in [1.29, 1.82) is 0 Å². The first-order valence-electron chi connectivity index (χ1n) is 22.6. The van der Waals surface area contributed by atoms with Crippen molar-refractivity contribution in [2.24, 2.45) is 0 Å². The molecule has 11 aromatic carbocycles. The van der Waals surface area contributed by atoms with Gasteiger partial charge in [-0.2, -0.15) is 0 Å². The van der Waals surface area contributed by atoms with Gasteiger partial charge in [0.2, 0.25) is 0 Å². The molecule has 13 aromatic rings. The number of benzene rings is 11. The molecule has 0 fully saturated rings. The summed E-state index contributed by atoms with van der Waals surface area (Å²) in [7, 11) is 0. The molecule has 2 aromatic heterocycles. The van der Waals surface area contributed by atoms with Crippen molar-refractivity contribution >= 4 is 87.9 Å². The first-order chi connectivity index (χ1) is 32.7. The summed E-state index contributed by atoms with van der Waals surface area (Å²) < 4.78 is 4.83. The SMILES string of the molecule is c1ccc(-c2cccc3ccccc23)c(Nc2ccc(-n3c4ccccc4c4cc5c(cc43)c3ccccc3n5-c3ccc(Nc4ccccc4-c4cccc5ccccc45)cc3)cc2)c1. The summed E-state index contributed by atoms with van der Waals surface area (Å²) in [6, 6.07) is 87.5. The highest BCUT2D eigenvalue weighted by Crippen LogP contribution is 2.41. The lowest BCUT2D eigenvalue weighted by molar-refractivity contribution is 1.17. The van der Waals surface area contributed by atoms with Crippen LogP contribution in [0.3, 0.4) is 0 Å². The van der Waals surface area contributed by atoms with Crippen LogP contribution in [0.15, 0.2) is 243 Å². The fourth-order valence-corrected chi connectivity index (χ4v) is 10.3. The van der Waals surface area contributed by atoms with Gasteiger partial charge in [0.25, 0.3) is 0 Å². The number of hydrogen-bond acceptors (Lipinski definition) is 2. The third-order valence-corrected chi connectivity index (χ3v) is 13.3. The Morgan fingerprint density at radius 2 is 0.591 bits per heavy atom. The lowest BCUT2D eigenvalue weighted by Crippen LogP contribution is -1.97. The van der Waals surface area contributed by atoms with Crippen LogP contribution in [0, 0.1) is 0 Å². The minimum atomic E-state index is 1.04. The molecular formula is C62H42N4. The topological polar surface area (TPSA) is 33.9 Å². The Hall–Kier alpha value is -8.86. The van der Waals surface area contributed by atoms with Gasteiger partial charge in [-0.05, 0) is 118 Å². The maximum atomic E-state index is 3.76. The third kappa shape index (κ3) is 6.22. The van der Waals surface area contributed by atoms with Gasteiger partial charge in [-0.25, -0.2) is 0 Å². The minimum Gasteiger partial charge on any atom is -0.355 e. The van der Waals surface area contributed by atoms with Gasteiger partial charge in [-0.15, -0.1) is 0 Å². The summed E-state index contributed by atoms with van der Waals surface area (Å²) in [5.41, 5.74) is 15.9. The van der Waals surface area contributed by atoms with Gasteiger partial charge in [0.05, 0.1) is 22.1 Å². The Bertz CT molecular complexity index is 3710. The van der Waals surface area contributed by atoms with E-state index in [1.54, 1.807) is 0 Å². The van der Waals surface area contributed by atoms with Gasteiger partial charge in [0.15, 0.2) is 0 Å². The van der Waals surface area contributed by atoms with Crippen molar-refractivity contribution in [2.75, 3.05) is 10.6 Å². The Kier molecular flexibility index (Phi) is 8.81. The molecule has 0 saturated carbocycles. The molecule has 4 nitrogen and oxygen atoms in total. The van der Waals surface area contributed by atoms with Gasteiger partial charge in [-0.3, -0.25) is 0 Å². The summed E-state index contributed by atoms with van der Waals surface area (Å²) in [4.78, 5) is 0. The lowest BCUT2D eigenvalue weighted by atomic mass is 9.97. The van der Waals surface area contributed by atoms with Crippen LogP contribution in [0.1, 0.15) is 0 Å². The van der Waals surface area contributed by atoms with E-state index in [1.807, 2.05) is 0 Å². The Morgan fingerprint density at radius 1 is 0.242 bits per heavy atom. The average Bonchev–Trinajstić information content (AvgIpc) is 3.88. The molecule has 0 radical (unpaired) electrons. The van der Waals surface area contributed by atoms with E-state index >= 15 is 0 Å². The largest absolute Gasteiger partial charge is 0.355 e. The zero-order chi connectivity index (χ0) is 43.6. The van der Waals surface area contributed by atoms with E-state index in [-0.39, 0.29) is 0 Å². The van der Waals surface area contributed by atoms with Gasteiger partial charge in [0.1, 0.15) is 0 Å². The average molecular weight is 843 g/mol. The minimum absolute atomic E-state index is 1.04. The number of nitrogens with zero attached hydrogens (tertiary/aromatic N) is 2. The molecule has 0 amide bonds. The van der Waals surface area contributed by atoms with Gasteiger partial charge in [-0.1, -0.05) is 158 Å². The molecule has 4 heteroatoms. The van der Waals surface area contributed by atoms with E-state index in [9.17, 15) is 0 Å². The van der Waals surface area contributed by atoms with Crippen LogP contribution in [0.4, 0.5) is 22.7 Å². The smallest absolute Gasteiger partial charge is 0.0548 e. The van der Waals surface area contributed by atoms with E-state index in [0.29, 0.717) is 0 Å². The van der Waals surface area contributed by atoms with E-state index in [2.05, 4.69) is 262 Å². The van der Waals surface area contributed by atoms with E-state index in [0.717, 1.165) is 34.1 Å². The van der Waals surface area contributed by atoms with Crippen LogP contribution >= 0.6 is 0 Å². The van der Waals surface area contributed by atoms with Crippen molar-refractivity contribution in [1.82, 2.24) is 9.13 Å². The number of hydrogen-bond donors (Lipinski definition) is 2. The molecule has 0 aliphatic rings. The van der Waals surface area contributed by atoms with Gasteiger partial charge in [0, 0.05) is 66.8 Å². The molecule has 2 heterocycles.